The topological polar surface area (TPSA) is 77.0 Å². The lowest BCUT2D eigenvalue weighted by atomic mass is 9.82. The summed E-state index contributed by atoms with van der Waals surface area (Å²) >= 11 is 0. The summed E-state index contributed by atoms with van der Waals surface area (Å²) in [5.74, 6) is 0.510. The molecule has 0 aromatic carbocycles. The SMILES string of the molecule is CC(CNc1nnc(N)o1)C(C)(C)C. The lowest BCUT2D eigenvalue weighted by Crippen LogP contribution is -2.24. The lowest BCUT2D eigenvalue weighted by Gasteiger charge is -2.26. The molecular weight excluding hydrogens is 180 g/mol. The van der Waals surface area contributed by atoms with Crippen LogP contribution < -0.4 is 11.1 Å². The van der Waals surface area contributed by atoms with Gasteiger partial charge in [-0.05, 0) is 11.3 Å². The van der Waals surface area contributed by atoms with E-state index in [2.05, 4.69) is 43.2 Å². The minimum atomic E-state index is 0.0934. The van der Waals surface area contributed by atoms with Crippen LogP contribution >= 0.6 is 0 Å². The van der Waals surface area contributed by atoms with Gasteiger partial charge in [-0.2, -0.15) is 0 Å². The third-order valence-corrected chi connectivity index (χ3v) is 2.48. The molecule has 1 unspecified atom stereocenters. The average Bonchev–Trinajstić information content (AvgIpc) is 2.45. The van der Waals surface area contributed by atoms with Crippen molar-refractivity contribution in [2.45, 2.75) is 27.7 Å². The first-order valence-electron chi connectivity index (χ1n) is 4.72. The molecule has 5 heteroatoms. The molecular formula is C9H18N4O. The summed E-state index contributed by atoms with van der Waals surface area (Å²) < 4.78 is 4.99. The number of nitrogens with zero attached hydrogens (tertiary/aromatic N) is 2. The molecule has 1 heterocycles. The Hall–Kier alpha value is -1.26. The van der Waals surface area contributed by atoms with Gasteiger partial charge in [0.05, 0.1) is 0 Å². The second-order valence-electron chi connectivity index (χ2n) is 4.59. The van der Waals surface area contributed by atoms with Gasteiger partial charge < -0.3 is 15.5 Å². The normalized spacial score (nSPS) is 14.0. The summed E-state index contributed by atoms with van der Waals surface area (Å²) in [5, 5.41) is 10.3. The van der Waals surface area contributed by atoms with Crippen LogP contribution in [0.3, 0.4) is 0 Å². The van der Waals surface area contributed by atoms with Crippen molar-refractivity contribution in [2.75, 3.05) is 17.6 Å². The number of nitrogens with one attached hydrogen (secondary N) is 1. The maximum Gasteiger partial charge on any atom is 0.316 e. The zero-order valence-corrected chi connectivity index (χ0v) is 9.16. The Morgan fingerprint density at radius 3 is 2.50 bits per heavy atom. The third-order valence-electron chi connectivity index (χ3n) is 2.48. The van der Waals surface area contributed by atoms with Gasteiger partial charge in [-0.1, -0.05) is 37.9 Å². The second-order valence-corrected chi connectivity index (χ2v) is 4.59. The van der Waals surface area contributed by atoms with Crippen molar-refractivity contribution in [3.63, 3.8) is 0 Å². The smallest absolute Gasteiger partial charge is 0.316 e. The highest BCUT2D eigenvalue weighted by atomic mass is 16.4. The van der Waals surface area contributed by atoms with Crippen LogP contribution in [0.15, 0.2) is 4.42 Å². The first-order valence-corrected chi connectivity index (χ1v) is 4.72. The second kappa shape index (κ2) is 3.86. The molecule has 0 bridgehead atoms. The molecule has 14 heavy (non-hydrogen) atoms. The van der Waals surface area contributed by atoms with Crippen molar-refractivity contribution in [1.29, 1.82) is 0 Å². The highest BCUT2D eigenvalue weighted by Gasteiger charge is 2.20. The van der Waals surface area contributed by atoms with Crippen molar-refractivity contribution in [3.8, 4) is 0 Å². The minimum absolute atomic E-state index is 0.0934. The van der Waals surface area contributed by atoms with Crippen LogP contribution in [0.2, 0.25) is 0 Å². The van der Waals surface area contributed by atoms with Gasteiger partial charge in [-0.25, -0.2) is 0 Å². The Morgan fingerprint density at radius 2 is 2.07 bits per heavy atom. The largest absolute Gasteiger partial charge is 0.390 e. The number of aromatic nitrogens is 2. The Morgan fingerprint density at radius 1 is 1.43 bits per heavy atom. The van der Waals surface area contributed by atoms with Gasteiger partial charge in [-0.15, -0.1) is 0 Å². The van der Waals surface area contributed by atoms with Gasteiger partial charge in [0, 0.05) is 6.54 Å². The molecule has 0 amide bonds. The van der Waals surface area contributed by atoms with Crippen LogP contribution in [-0.4, -0.2) is 16.7 Å². The van der Waals surface area contributed by atoms with Crippen LogP contribution in [-0.2, 0) is 0 Å². The fourth-order valence-corrected chi connectivity index (χ4v) is 0.853. The van der Waals surface area contributed by atoms with Crippen molar-refractivity contribution in [2.24, 2.45) is 11.3 Å². The van der Waals surface area contributed by atoms with Crippen molar-refractivity contribution >= 4 is 12.0 Å². The highest BCUT2D eigenvalue weighted by molar-refractivity contribution is 5.22. The van der Waals surface area contributed by atoms with Gasteiger partial charge in [0.15, 0.2) is 0 Å². The summed E-state index contributed by atoms with van der Waals surface area (Å²) in [6.07, 6.45) is 0. The zero-order valence-electron chi connectivity index (χ0n) is 9.16. The molecule has 1 aromatic heterocycles. The molecule has 80 valence electrons. The maximum absolute atomic E-state index is 5.29. The Labute approximate surface area is 84.1 Å². The van der Waals surface area contributed by atoms with E-state index in [-0.39, 0.29) is 11.4 Å². The molecule has 0 aliphatic heterocycles. The Bertz CT molecular complexity index is 289. The summed E-state index contributed by atoms with van der Waals surface area (Å²) in [6, 6.07) is 0.481. The monoisotopic (exact) mass is 198 g/mol. The number of nitrogens with two attached hydrogens (primary N) is 1. The predicted octanol–water partition coefficient (Wildman–Crippen LogP) is 1.75. The molecule has 3 N–H and O–H groups in total. The van der Waals surface area contributed by atoms with Gasteiger partial charge in [0.2, 0.25) is 0 Å². The number of nitrogen functional groups attached to an aromatic ring is 1. The van der Waals surface area contributed by atoms with Gasteiger partial charge >= 0.3 is 12.0 Å². The quantitative estimate of drug-likeness (QED) is 0.773. The third kappa shape index (κ3) is 2.90. The van der Waals surface area contributed by atoms with E-state index in [0.717, 1.165) is 6.54 Å². The molecule has 5 nitrogen and oxygen atoms in total. The summed E-state index contributed by atoms with van der Waals surface area (Å²) in [6.45, 7) is 9.56. The molecule has 0 saturated carbocycles. The highest BCUT2D eigenvalue weighted by Crippen LogP contribution is 2.25. The van der Waals surface area contributed by atoms with E-state index < -0.39 is 0 Å². The van der Waals surface area contributed by atoms with Gasteiger partial charge in [0.25, 0.3) is 0 Å². The molecule has 1 atom stereocenters. The molecule has 0 aliphatic rings. The summed E-state index contributed by atoms with van der Waals surface area (Å²) in [5.41, 5.74) is 5.55. The van der Waals surface area contributed by atoms with E-state index in [4.69, 9.17) is 10.2 Å². The summed E-state index contributed by atoms with van der Waals surface area (Å²) in [7, 11) is 0. The molecule has 0 fully saturated rings. The number of hydrogen-bond acceptors (Lipinski definition) is 5. The molecule has 1 aromatic rings. The lowest BCUT2D eigenvalue weighted by molar-refractivity contribution is 0.273. The van der Waals surface area contributed by atoms with E-state index in [1.54, 1.807) is 0 Å². The predicted molar refractivity (Wildman–Crippen MR) is 55.8 cm³/mol. The fraction of sp³-hybridized carbons (Fsp3) is 0.778. The first-order chi connectivity index (χ1) is 6.39. The molecule has 1 rings (SSSR count). The van der Waals surface area contributed by atoms with E-state index in [0.29, 0.717) is 11.9 Å². The zero-order chi connectivity index (χ0) is 10.8. The molecule has 0 aliphatic carbocycles. The molecule has 0 spiro atoms. The Kier molecular flexibility index (Phi) is 2.98. The molecule has 0 radical (unpaired) electrons. The van der Waals surface area contributed by atoms with Crippen molar-refractivity contribution in [3.05, 3.63) is 0 Å². The van der Waals surface area contributed by atoms with Crippen molar-refractivity contribution < 1.29 is 4.42 Å². The van der Waals surface area contributed by atoms with E-state index in [1.165, 1.54) is 0 Å². The minimum Gasteiger partial charge on any atom is -0.390 e. The van der Waals surface area contributed by atoms with Crippen LogP contribution in [0.1, 0.15) is 27.7 Å². The van der Waals surface area contributed by atoms with E-state index in [1.807, 2.05) is 0 Å². The molecule has 0 saturated heterocycles. The van der Waals surface area contributed by atoms with Crippen LogP contribution in [0.25, 0.3) is 0 Å². The Balaban J connectivity index is 2.41. The van der Waals surface area contributed by atoms with Gasteiger partial charge in [0.1, 0.15) is 0 Å². The standard InChI is InChI=1S/C9H18N4O/c1-6(9(2,3)4)5-11-8-13-12-7(10)14-8/h6H,5H2,1-4H3,(H2,10,12)(H,11,13). The van der Waals surface area contributed by atoms with E-state index in [9.17, 15) is 0 Å². The number of hydrogen-bond donors (Lipinski definition) is 2. The van der Waals surface area contributed by atoms with E-state index >= 15 is 0 Å². The van der Waals surface area contributed by atoms with Crippen LogP contribution in [0.5, 0.6) is 0 Å². The maximum atomic E-state index is 5.29. The van der Waals surface area contributed by atoms with Gasteiger partial charge in [-0.3, -0.25) is 0 Å². The summed E-state index contributed by atoms with van der Waals surface area (Å²) in [4.78, 5) is 0. The van der Waals surface area contributed by atoms with Crippen LogP contribution in [0, 0.1) is 11.3 Å². The van der Waals surface area contributed by atoms with Crippen molar-refractivity contribution in [1.82, 2.24) is 10.2 Å². The first kappa shape index (κ1) is 10.8. The fourth-order valence-electron chi connectivity index (χ4n) is 0.853. The average molecular weight is 198 g/mol. The number of rotatable bonds is 3. The van der Waals surface area contributed by atoms with Crippen LogP contribution in [0.4, 0.5) is 12.0 Å². The number of anilines is 2.